The van der Waals surface area contributed by atoms with Crippen LogP contribution in [0.4, 0.5) is 0 Å². The Labute approximate surface area is 83.9 Å². The fraction of sp³-hybridized carbons (Fsp3) is 0.800. The summed E-state index contributed by atoms with van der Waals surface area (Å²) in [6, 6.07) is -0.479. The quantitative estimate of drug-likeness (QED) is 0.652. The minimum absolute atomic E-state index is 0.0123. The lowest BCUT2D eigenvalue weighted by Gasteiger charge is -2.29. The Morgan fingerprint density at radius 3 is 2.50 bits per heavy atom. The number of hydrogen-bond donors (Lipinski definition) is 1. The third-order valence-corrected chi connectivity index (χ3v) is 2.85. The summed E-state index contributed by atoms with van der Waals surface area (Å²) in [6.45, 7) is 3.81. The summed E-state index contributed by atoms with van der Waals surface area (Å²) in [6.07, 6.45) is 3.34. The second kappa shape index (κ2) is 4.44. The molecule has 1 rings (SSSR count). The molecule has 0 spiro atoms. The lowest BCUT2D eigenvalue weighted by molar-refractivity contribution is -0.149. The molecule has 0 aromatic rings. The average molecular weight is 199 g/mol. The molecule has 0 bridgehead atoms. The van der Waals surface area contributed by atoms with Gasteiger partial charge in [-0.3, -0.25) is 4.79 Å². The van der Waals surface area contributed by atoms with Crippen LogP contribution in [0.2, 0.25) is 0 Å². The Balaban J connectivity index is 2.72. The molecule has 80 valence electrons. The highest BCUT2D eigenvalue weighted by Crippen LogP contribution is 2.30. The van der Waals surface area contributed by atoms with E-state index in [2.05, 4.69) is 0 Å². The van der Waals surface area contributed by atoms with Gasteiger partial charge >= 0.3 is 5.97 Å². The zero-order valence-corrected chi connectivity index (χ0v) is 8.64. The molecule has 0 radical (unpaired) electrons. The van der Waals surface area contributed by atoms with Gasteiger partial charge in [0.1, 0.15) is 6.04 Å². The van der Waals surface area contributed by atoms with Crippen LogP contribution in [0.5, 0.6) is 0 Å². The van der Waals surface area contributed by atoms with E-state index in [4.69, 9.17) is 5.11 Å². The van der Waals surface area contributed by atoms with Crippen molar-refractivity contribution in [1.82, 2.24) is 4.90 Å². The fourth-order valence-corrected chi connectivity index (χ4v) is 1.64. The Hall–Kier alpha value is -1.06. The molecular weight excluding hydrogens is 182 g/mol. The van der Waals surface area contributed by atoms with Crippen LogP contribution >= 0.6 is 0 Å². The maximum absolute atomic E-state index is 11.0. The van der Waals surface area contributed by atoms with Crippen molar-refractivity contribution in [3.8, 4) is 0 Å². The number of carboxylic acids is 1. The van der Waals surface area contributed by atoms with Gasteiger partial charge in [-0.15, -0.1) is 0 Å². The van der Waals surface area contributed by atoms with Crippen molar-refractivity contribution in [3.05, 3.63) is 0 Å². The van der Waals surface area contributed by atoms with Crippen molar-refractivity contribution < 1.29 is 14.7 Å². The van der Waals surface area contributed by atoms with Crippen LogP contribution in [-0.2, 0) is 9.59 Å². The number of carboxylic acid groups (broad SMARTS) is 1. The predicted molar refractivity (Wildman–Crippen MR) is 51.8 cm³/mol. The SMILES string of the molecule is CCC(C)C(C(=O)O)N(C=O)C1CC1. The van der Waals surface area contributed by atoms with Crippen molar-refractivity contribution >= 4 is 12.4 Å². The summed E-state index contributed by atoms with van der Waals surface area (Å²) >= 11 is 0. The second-order valence-electron chi connectivity index (χ2n) is 3.95. The molecule has 0 heterocycles. The highest BCUT2D eigenvalue weighted by atomic mass is 16.4. The molecule has 1 aliphatic carbocycles. The second-order valence-corrected chi connectivity index (χ2v) is 3.95. The molecule has 1 aliphatic rings. The van der Waals surface area contributed by atoms with Crippen LogP contribution in [0.15, 0.2) is 0 Å². The molecule has 0 aromatic carbocycles. The molecule has 4 heteroatoms. The van der Waals surface area contributed by atoms with Crippen molar-refractivity contribution in [2.45, 2.75) is 45.2 Å². The van der Waals surface area contributed by atoms with Crippen LogP contribution < -0.4 is 0 Å². The molecule has 2 unspecified atom stereocenters. The van der Waals surface area contributed by atoms with E-state index < -0.39 is 12.0 Å². The topological polar surface area (TPSA) is 57.6 Å². The normalized spacial score (nSPS) is 19.9. The van der Waals surface area contributed by atoms with Crippen molar-refractivity contribution in [2.75, 3.05) is 0 Å². The third kappa shape index (κ3) is 2.25. The average Bonchev–Trinajstić information content (AvgIpc) is 2.95. The monoisotopic (exact) mass is 199 g/mol. The lowest BCUT2D eigenvalue weighted by atomic mass is 9.98. The zero-order chi connectivity index (χ0) is 10.7. The number of carbonyl (C=O) groups is 2. The van der Waals surface area contributed by atoms with Crippen LogP contribution in [-0.4, -0.2) is 34.5 Å². The highest BCUT2D eigenvalue weighted by Gasteiger charge is 2.38. The summed E-state index contributed by atoms with van der Waals surface area (Å²) in [4.78, 5) is 23.3. The van der Waals surface area contributed by atoms with Crippen LogP contribution in [0, 0.1) is 5.92 Å². The molecule has 2 atom stereocenters. The van der Waals surface area contributed by atoms with Crippen molar-refractivity contribution in [2.24, 2.45) is 5.92 Å². The first-order valence-electron chi connectivity index (χ1n) is 5.07. The Bertz CT molecular complexity index is 225. The molecule has 1 saturated carbocycles. The predicted octanol–water partition coefficient (Wildman–Crippen LogP) is 1.11. The number of carbonyl (C=O) groups excluding carboxylic acids is 1. The van der Waals surface area contributed by atoms with Crippen molar-refractivity contribution in [1.29, 1.82) is 0 Å². The van der Waals surface area contributed by atoms with E-state index in [1.165, 1.54) is 4.90 Å². The summed E-state index contributed by atoms with van der Waals surface area (Å²) in [7, 11) is 0. The molecule has 1 fully saturated rings. The first-order valence-corrected chi connectivity index (χ1v) is 5.07. The number of rotatable bonds is 6. The molecule has 0 aromatic heterocycles. The summed E-state index contributed by atoms with van der Waals surface area (Å²) < 4.78 is 0. The Morgan fingerprint density at radius 1 is 1.64 bits per heavy atom. The van der Waals surface area contributed by atoms with E-state index in [1.807, 2.05) is 13.8 Å². The summed E-state index contributed by atoms with van der Waals surface area (Å²) in [5.41, 5.74) is 0. The van der Waals surface area contributed by atoms with Crippen LogP contribution in [0.1, 0.15) is 33.1 Å². The van der Waals surface area contributed by atoms with Gasteiger partial charge in [0.05, 0.1) is 0 Å². The molecule has 0 aliphatic heterocycles. The van der Waals surface area contributed by atoms with Crippen molar-refractivity contribution in [3.63, 3.8) is 0 Å². The minimum atomic E-state index is -0.890. The molecule has 0 saturated heterocycles. The van der Waals surface area contributed by atoms with Gasteiger partial charge in [-0.25, -0.2) is 4.79 Å². The van der Waals surface area contributed by atoms with E-state index >= 15 is 0 Å². The summed E-state index contributed by atoms with van der Waals surface area (Å²) in [5.74, 6) is -0.878. The first kappa shape index (κ1) is 11.0. The Kier molecular flexibility index (Phi) is 3.49. The molecule has 1 amide bonds. The van der Waals surface area contributed by atoms with Gasteiger partial charge in [0.25, 0.3) is 0 Å². The van der Waals surface area contributed by atoms with Gasteiger partial charge in [0.2, 0.25) is 6.41 Å². The standard InChI is InChI=1S/C10H17NO3/c1-3-7(2)9(10(13)14)11(6-12)8-4-5-8/h6-9H,3-5H2,1-2H3,(H,13,14). The zero-order valence-electron chi connectivity index (χ0n) is 8.64. The van der Waals surface area contributed by atoms with Gasteiger partial charge < -0.3 is 10.0 Å². The van der Waals surface area contributed by atoms with E-state index in [9.17, 15) is 9.59 Å². The third-order valence-electron chi connectivity index (χ3n) is 2.85. The van der Waals surface area contributed by atoms with Crippen LogP contribution in [0.25, 0.3) is 0 Å². The van der Waals surface area contributed by atoms with Gasteiger partial charge in [-0.1, -0.05) is 20.3 Å². The van der Waals surface area contributed by atoms with E-state index in [0.717, 1.165) is 19.3 Å². The van der Waals surface area contributed by atoms with Gasteiger partial charge in [-0.2, -0.15) is 0 Å². The van der Waals surface area contributed by atoms with Crippen LogP contribution in [0.3, 0.4) is 0 Å². The number of amides is 1. The van der Waals surface area contributed by atoms with E-state index in [-0.39, 0.29) is 12.0 Å². The largest absolute Gasteiger partial charge is 0.480 e. The molecule has 1 N–H and O–H groups in total. The van der Waals surface area contributed by atoms with Gasteiger partial charge in [0, 0.05) is 6.04 Å². The summed E-state index contributed by atoms with van der Waals surface area (Å²) in [5, 5.41) is 9.05. The number of nitrogens with zero attached hydrogens (tertiary/aromatic N) is 1. The lowest BCUT2D eigenvalue weighted by Crippen LogP contribution is -2.45. The molecule has 4 nitrogen and oxygen atoms in total. The smallest absolute Gasteiger partial charge is 0.326 e. The minimum Gasteiger partial charge on any atom is -0.480 e. The number of hydrogen-bond acceptors (Lipinski definition) is 2. The number of aliphatic carboxylic acids is 1. The van der Waals surface area contributed by atoms with Gasteiger partial charge in [-0.05, 0) is 18.8 Å². The maximum atomic E-state index is 11.0. The molecule has 14 heavy (non-hydrogen) atoms. The van der Waals surface area contributed by atoms with Gasteiger partial charge in [0.15, 0.2) is 0 Å². The van der Waals surface area contributed by atoms with E-state index in [1.54, 1.807) is 0 Å². The molecular formula is C10H17NO3. The van der Waals surface area contributed by atoms with E-state index in [0.29, 0.717) is 6.41 Å². The fourth-order valence-electron chi connectivity index (χ4n) is 1.64. The highest BCUT2D eigenvalue weighted by molar-refractivity contribution is 5.77. The first-order chi connectivity index (χ1) is 6.61. The Morgan fingerprint density at radius 2 is 2.21 bits per heavy atom. The maximum Gasteiger partial charge on any atom is 0.326 e.